The Labute approximate surface area is 236 Å². The van der Waals surface area contributed by atoms with E-state index in [1.165, 1.54) is 6.20 Å². The van der Waals surface area contributed by atoms with Gasteiger partial charge in [0, 0.05) is 24.8 Å². The lowest BCUT2D eigenvalue weighted by atomic mass is 10.1. The van der Waals surface area contributed by atoms with Crippen LogP contribution in [-0.2, 0) is 19.1 Å². The van der Waals surface area contributed by atoms with Gasteiger partial charge in [-0.25, -0.2) is 19.7 Å². The van der Waals surface area contributed by atoms with Gasteiger partial charge in [-0.1, -0.05) is 13.0 Å². The SMILES string of the molecule is CCCN(C(=O)OCOC(=O)CCC(=O)O)C(=O)c1c[nH]c(C(N=CN)=Nc2cc(C(=O)NCC)ccc2C)c1C. The van der Waals surface area contributed by atoms with Gasteiger partial charge in [-0.3, -0.25) is 19.2 Å². The summed E-state index contributed by atoms with van der Waals surface area (Å²) in [6, 6.07) is 5.05. The number of rotatable bonds is 12. The van der Waals surface area contributed by atoms with Crippen molar-refractivity contribution in [2.75, 3.05) is 19.9 Å². The molecule has 0 aliphatic rings. The lowest BCUT2D eigenvalue weighted by molar-refractivity contribution is -0.154. The van der Waals surface area contributed by atoms with E-state index in [9.17, 15) is 24.0 Å². The van der Waals surface area contributed by atoms with E-state index >= 15 is 0 Å². The molecule has 0 radical (unpaired) electrons. The summed E-state index contributed by atoms with van der Waals surface area (Å²) in [7, 11) is 0. The molecule has 14 heteroatoms. The lowest BCUT2D eigenvalue weighted by Gasteiger charge is -2.19. The predicted octanol–water partition coefficient (Wildman–Crippen LogP) is 2.80. The largest absolute Gasteiger partial charge is 0.481 e. The summed E-state index contributed by atoms with van der Waals surface area (Å²) in [5, 5.41) is 11.4. The van der Waals surface area contributed by atoms with E-state index in [4.69, 9.17) is 20.3 Å². The standard InChI is InChI=1S/C27H34N6O8/c1-5-11-33(27(39)41-15-40-22(36)10-9-21(34)35)26(38)19-13-30-23(17(19)4)24(31-14-28)32-20-12-18(8-7-16(20)3)25(37)29-6-2/h7-8,12-14,30H,5-6,9-11,15H2,1-4H3,(H,29,37)(H,34,35)(H2,28,31,32). The van der Waals surface area contributed by atoms with E-state index in [1.54, 1.807) is 32.0 Å². The fraction of sp³-hybridized carbons (Fsp3) is 0.370. The highest BCUT2D eigenvalue weighted by atomic mass is 16.7. The molecule has 5 N–H and O–H groups in total. The van der Waals surface area contributed by atoms with Crippen molar-refractivity contribution in [3.05, 3.63) is 52.3 Å². The van der Waals surface area contributed by atoms with Crippen LogP contribution in [0.15, 0.2) is 34.4 Å². The van der Waals surface area contributed by atoms with Crippen LogP contribution in [0.1, 0.15) is 70.6 Å². The molecule has 1 aromatic carbocycles. The van der Waals surface area contributed by atoms with Crippen molar-refractivity contribution in [3.63, 3.8) is 0 Å². The first-order valence-electron chi connectivity index (χ1n) is 12.8. The van der Waals surface area contributed by atoms with Crippen LogP contribution in [0, 0.1) is 13.8 Å². The lowest BCUT2D eigenvalue weighted by Crippen LogP contribution is -2.38. The number of amides is 3. The summed E-state index contributed by atoms with van der Waals surface area (Å²) >= 11 is 0. The minimum Gasteiger partial charge on any atom is -0.481 e. The van der Waals surface area contributed by atoms with Crippen molar-refractivity contribution < 1.29 is 38.6 Å². The Morgan fingerprint density at radius 3 is 2.49 bits per heavy atom. The molecule has 0 unspecified atom stereocenters. The van der Waals surface area contributed by atoms with Crippen LogP contribution in [0.25, 0.3) is 0 Å². The molecule has 14 nitrogen and oxygen atoms in total. The van der Waals surface area contributed by atoms with Crippen LogP contribution in [-0.4, -0.2) is 76.9 Å². The van der Waals surface area contributed by atoms with Crippen molar-refractivity contribution in [3.8, 4) is 0 Å². The molecule has 0 spiro atoms. The molecule has 1 heterocycles. The van der Waals surface area contributed by atoms with E-state index in [2.05, 4.69) is 20.3 Å². The maximum atomic E-state index is 13.3. The normalized spacial score (nSPS) is 11.3. The van der Waals surface area contributed by atoms with E-state index in [-0.39, 0.29) is 30.3 Å². The number of hydrogen-bond donors (Lipinski definition) is 4. The van der Waals surface area contributed by atoms with Crippen molar-refractivity contribution in [2.24, 2.45) is 15.7 Å². The first kappa shape index (κ1) is 32.2. The van der Waals surface area contributed by atoms with Crippen molar-refractivity contribution in [2.45, 2.75) is 47.0 Å². The van der Waals surface area contributed by atoms with Crippen LogP contribution in [0.3, 0.4) is 0 Å². The number of aromatic nitrogens is 1. The first-order valence-corrected chi connectivity index (χ1v) is 12.8. The number of carbonyl (C=O) groups excluding carboxylic acids is 4. The van der Waals surface area contributed by atoms with E-state index in [0.29, 0.717) is 35.5 Å². The third-order valence-electron chi connectivity index (χ3n) is 5.68. The molecule has 3 amide bonds. The number of aryl methyl sites for hydroxylation is 1. The zero-order valence-electron chi connectivity index (χ0n) is 23.4. The van der Waals surface area contributed by atoms with Gasteiger partial charge in [0.2, 0.25) is 6.79 Å². The van der Waals surface area contributed by atoms with Crippen molar-refractivity contribution in [1.82, 2.24) is 15.2 Å². The molecule has 0 atom stereocenters. The summed E-state index contributed by atoms with van der Waals surface area (Å²) < 4.78 is 9.63. The number of imide groups is 1. The van der Waals surface area contributed by atoms with Gasteiger partial charge >= 0.3 is 18.0 Å². The summed E-state index contributed by atoms with van der Waals surface area (Å²) in [5.74, 6) is -2.83. The van der Waals surface area contributed by atoms with Crippen LogP contribution in [0.2, 0.25) is 0 Å². The maximum Gasteiger partial charge on any atom is 0.419 e. The number of esters is 1. The molecular weight excluding hydrogens is 536 g/mol. The van der Waals surface area contributed by atoms with Gasteiger partial charge < -0.3 is 30.6 Å². The average Bonchev–Trinajstić information content (AvgIpc) is 3.32. The van der Waals surface area contributed by atoms with Crippen LogP contribution in [0.4, 0.5) is 10.5 Å². The van der Waals surface area contributed by atoms with Crippen LogP contribution in [0.5, 0.6) is 0 Å². The fourth-order valence-corrected chi connectivity index (χ4v) is 3.57. The van der Waals surface area contributed by atoms with E-state index < -0.39 is 37.2 Å². The molecule has 0 aliphatic heterocycles. The third-order valence-corrected chi connectivity index (χ3v) is 5.68. The van der Waals surface area contributed by atoms with E-state index in [1.807, 2.05) is 13.8 Å². The number of H-pyrrole nitrogens is 1. The molecule has 0 aliphatic carbocycles. The molecule has 0 saturated carbocycles. The highest BCUT2D eigenvalue weighted by Crippen LogP contribution is 2.24. The number of nitrogens with one attached hydrogen (secondary N) is 2. The molecule has 0 bridgehead atoms. The summed E-state index contributed by atoms with van der Waals surface area (Å²) in [6.07, 6.45) is 0.996. The van der Waals surface area contributed by atoms with Gasteiger partial charge in [0.05, 0.1) is 36.1 Å². The summed E-state index contributed by atoms with van der Waals surface area (Å²) in [6.45, 7) is 6.72. The number of benzene rings is 1. The van der Waals surface area contributed by atoms with Gasteiger partial charge in [-0.2, -0.15) is 0 Å². The molecule has 2 aromatic rings. The summed E-state index contributed by atoms with van der Waals surface area (Å²) in [4.78, 5) is 73.0. The number of hydrogen-bond acceptors (Lipinski definition) is 8. The Kier molecular flexibility index (Phi) is 12.2. The topological polar surface area (TPSA) is 206 Å². The molecule has 1 aromatic heterocycles. The number of ether oxygens (including phenoxy) is 2. The molecular formula is C27H34N6O8. The van der Waals surface area contributed by atoms with Gasteiger partial charge in [0.15, 0.2) is 5.84 Å². The zero-order valence-corrected chi connectivity index (χ0v) is 23.4. The number of carboxylic acids is 1. The fourth-order valence-electron chi connectivity index (χ4n) is 3.57. The molecule has 0 saturated heterocycles. The average molecular weight is 571 g/mol. The van der Waals surface area contributed by atoms with Crippen LogP contribution < -0.4 is 11.1 Å². The Hall–Kier alpha value is -5.01. The number of nitrogens with zero attached hydrogens (tertiary/aromatic N) is 3. The number of aliphatic carboxylic acids is 1. The van der Waals surface area contributed by atoms with Crippen molar-refractivity contribution >= 4 is 47.7 Å². The van der Waals surface area contributed by atoms with E-state index in [0.717, 1.165) is 16.8 Å². The first-order chi connectivity index (χ1) is 19.5. The number of aliphatic imine (C=N–C) groups is 2. The summed E-state index contributed by atoms with van der Waals surface area (Å²) in [5.41, 5.74) is 8.12. The number of nitrogens with two attached hydrogens (primary N) is 1. The Morgan fingerprint density at radius 1 is 1.12 bits per heavy atom. The number of aromatic amines is 1. The zero-order chi connectivity index (χ0) is 30.5. The molecule has 0 fully saturated rings. The Morgan fingerprint density at radius 2 is 1.85 bits per heavy atom. The smallest absolute Gasteiger partial charge is 0.419 e. The number of amidine groups is 1. The highest BCUT2D eigenvalue weighted by Gasteiger charge is 2.27. The number of carboxylic acid groups (broad SMARTS) is 1. The van der Waals surface area contributed by atoms with Gasteiger partial charge in [-0.05, 0) is 50.5 Å². The highest BCUT2D eigenvalue weighted by molar-refractivity contribution is 6.09. The quantitative estimate of drug-likeness (QED) is 0.128. The molecule has 41 heavy (non-hydrogen) atoms. The van der Waals surface area contributed by atoms with Crippen LogP contribution >= 0.6 is 0 Å². The second-order valence-electron chi connectivity index (χ2n) is 8.67. The maximum absolute atomic E-state index is 13.3. The second-order valence-corrected chi connectivity index (χ2v) is 8.67. The predicted molar refractivity (Wildman–Crippen MR) is 149 cm³/mol. The second kappa shape index (κ2) is 15.5. The minimum absolute atomic E-state index is 0.0122. The Bertz CT molecular complexity index is 1350. The van der Waals surface area contributed by atoms with Gasteiger partial charge in [0.25, 0.3) is 11.8 Å². The third kappa shape index (κ3) is 9.02. The Balaban J connectivity index is 2.30. The number of carbonyl (C=O) groups is 5. The minimum atomic E-state index is -1.17. The molecule has 2 rings (SSSR count). The molecule has 220 valence electrons. The van der Waals surface area contributed by atoms with Crippen molar-refractivity contribution in [1.29, 1.82) is 0 Å². The van der Waals surface area contributed by atoms with Gasteiger partial charge in [-0.15, -0.1) is 0 Å². The van der Waals surface area contributed by atoms with Gasteiger partial charge in [0.1, 0.15) is 0 Å². The monoisotopic (exact) mass is 570 g/mol.